The highest BCUT2D eigenvalue weighted by molar-refractivity contribution is 6.23. The number of ether oxygens (including phenoxy) is 6. The Kier molecular flexibility index (Phi) is 8.26. The first-order valence-electron chi connectivity index (χ1n) is 11.7. The van der Waals surface area contributed by atoms with Crippen molar-refractivity contribution in [1.29, 1.82) is 0 Å². The van der Waals surface area contributed by atoms with Crippen molar-refractivity contribution in [2.24, 2.45) is 5.92 Å². The van der Waals surface area contributed by atoms with Crippen molar-refractivity contribution in [3.63, 3.8) is 0 Å². The monoisotopic (exact) mass is 528 g/mol. The number of phenolic OH excluding ortho intramolecular Hbond substituents is 1. The zero-order valence-corrected chi connectivity index (χ0v) is 20.5. The van der Waals surface area contributed by atoms with E-state index in [1.54, 1.807) is 0 Å². The summed E-state index contributed by atoms with van der Waals surface area (Å²) in [6.45, 7) is -0.633. The number of hydrogen-bond acceptors (Lipinski definition) is 13. The molecular formula is C24H32O13. The Balaban J connectivity index is 1.59. The maximum atomic E-state index is 13.5. The normalized spacial score (nSPS) is 37.8. The van der Waals surface area contributed by atoms with Crippen molar-refractivity contribution >= 4 is 11.4 Å². The van der Waals surface area contributed by atoms with Gasteiger partial charge in [0.1, 0.15) is 42.4 Å². The number of phenols is 1. The minimum absolute atomic E-state index is 0.0375. The molecule has 0 amide bonds. The summed E-state index contributed by atoms with van der Waals surface area (Å²) in [5.41, 5.74) is 0.309. The first-order chi connectivity index (χ1) is 17.7. The van der Waals surface area contributed by atoms with Crippen LogP contribution in [0.25, 0.3) is 5.57 Å². The largest absolute Gasteiger partial charge is 0.504 e. The summed E-state index contributed by atoms with van der Waals surface area (Å²) in [4.78, 5) is 13.5. The van der Waals surface area contributed by atoms with E-state index < -0.39 is 73.4 Å². The van der Waals surface area contributed by atoms with Crippen LogP contribution in [0.1, 0.15) is 12.0 Å². The van der Waals surface area contributed by atoms with E-state index in [0.29, 0.717) is 0 Å². The standard InChI is InChI=1S/C24H32O13/c1-32-12-5-13(33-2)11(26)4-9(12)10-8-35-14-6-15(23(34-3)20(29)17(14)18(10)27)36-24-22(31)21(30)19(28)16(7-25)37-24/h4-5,8,14-17,19-26,28-31H,6-7H2,1-3H3. The van der Waals surface area contributed by atoms with Gasteiger partial charge < -0.3 is 59.1 Å². The molecule has 4 rings (SSSR count). The molecule has 13 nitrogen and oxygen atoms in total. The molecule has 13 heteroatoms. The molecule has 6 N–H and O–H groups in total. The van der Waals surface area contributed by atoms with Crippen LogP contribution in [0.4, 0.5) is 0 Å². The number of Topliss-reactive ketones (excluding diaryl/α,β-unsaturated/α-hetero) is 1. The Morgan fingerprint density at radius 2 is 1.68 bits per heavy atom. The number of aliphatic hydroxyl groups excluding tert-OH is 5. The Hall–Kier alpha value is -2.49. The second kappa shape index (κ2) is 11.1. The lowest BCUT2D eigenvalue weighted by Crippen LogP contribution is -2.63. The average Bonchev–Trinajstić information content (AvgIpc) is 2.89. The maximum absolute atomic E-state index is 13.5. The second-order valence-electron chi connectivity index (χ2n) is 9.12. The number of ketones is 1. The zero-order chi connectivity index (χ0) is 27.0. The van der Waals surface area contributed by atoms with Crippen LogP contribution in [0, 0.1) is 5.92 Å². The smallest absolute Gasteiger partial charge is 0.187 e. The van der Waals surface area contributed by atoms with Gasteiger partial charge in [-0.25, -0.2) is 0 Å². The molecule has 206 valence electrons. The summed E-state index contributed by atoms with van der Waals surface area (Å²) >= 11 is 0. The lowest BCUT2D eigenvalue weighted by molar-refractivity contribution is -0.326. The van der Waals surface area contributed by atoms with E-state index in [1.807, 2.05) is 0 Å². The molecule has 1 saturated heterocycles. The number of carbonyl (C=O) groups excluding carboxylic acids is 1. The summed E-state index contributed by atoms with van der Waals surface area (Å²) in [5, 5.41) is 61.2. The third-order valence-corrected chi connectivity index (χ3v) is 7.09. The fourth-order valence-electron chi connectivity index (χ4n) is 5.08. The van der Waals surface area contributed by atoms with Gasteiger partial charge in [0.05, 0.1) is 50.8 Å². The molecule has 10 atom stereocenters. The van der Waals surface area contributed by atoms with Crippen LogP contribution in [-0.2, 0) is 23.7 Å². The predicted molar refractivity (Wildman–Crippen MR) is 123 cm³/mol. The number of benzene rings is 1. The fourth-order valence-corrected chi connectivity index (χ4v) is 5.08. The number of hydrogen-bond donors (Lipinski definition) is 6. The molecule has 0 bridgehead atoms. The second-order valence-corrected chi connectivity index (χ2v) is 9.12. The maximum Gasteiger partial charge on any atom is 0.187 e. The Bertz CT molecular complexity index is 1010. The van der Waals surface area contributed by atoms with Gasteiger partial charge in [0.2, 0.25) is 0 Å². The summed E-state index contributed by atoms with van der Waals surface area (Å²) in [7, 11) is 4.08. The van der Waals surface area contributed by atoms with Crippen LogP contribution >= 0.6 is 0 Å². The number of methoxy groups -OCH3 is 3. The molecule has 1 aromatic carbocycles. The SMILES string of the molecule is COc1cc(OC)c(C2=COC3CC(OC4OC(CO)C(O)C(O)C4O)C(OC)C(O)C3C2=O)cc1O. The van der Waals surface area contributed by atoms with Crippen molar-refractivity contribution in [3.05, 3.63) is 24.0 Å². The molecule has 1 saturated carbocycles. The van der Waals surface area contributed by atoms with Crippen LogP contribution in [-0.4, -0.2) is 119 Å². The number of fused-ring (bicyclic) bond motifs is 1. The minimum Gasteiger partial charge on any atom is -0.504 e. The molecule has 0 spiro atoms. The van der Waals surface area contributed by atoms with Gasteiger partial charge in [-0.2, -0.15) is 0 Å². The van der Waals surface area contributed by atoms with Gasteiger partial charge >= 0.3 is 0 Å². The highest BCUT2D eigenvalue weighted by Crippen LogP contribution is 2.43. The summed E-state index contributed by atoms with van der Waals surface area (Å²) < 4.78 is 33.0. The van der Waals surface area contributed by atoms with E-state index in [9.17, 15) is 35.4 Å². The number of allylic oxidation sites excluding steroid dienone is 1. The number of rotatable bonds is 7. The summed E-state index contributed by atoms with van der Waals surface area (Å²) in [6.07, 6.45) is -10.5. The van der Waals surface area contributed by atoms with Gasteiger partial charge in [0.25, 0.3) is 0 Å². The lowest BCUT2D eigenvalue weighted by Gasteiger charge is -2.47. The number of carbonyl (C=O) groups is 1. The fraction of sp³-hybridized carbons (Fsp3) is 0.625. The quantitative estimate of drug-likeness (QED) is 0.235. The van der Waals surface area contributed by atoms with E-state index >= 15 is 0 Å². The third kappa shape index (κ3) is 4.89. The Morgan fingerprint density at radius 3 is 2.30 bits per heavy atom. The molecule has 3 aliphatic rings. The summed E-state index contributed by atoms with van der Waals surface area (Å²) in [6, 6.07) is 2.73. The molecule has 1 aromatic rings. The highest BCUT2D eigenvalue weighted by Gasteiger charge is 2.54. The third-order valence-electron chi connectivity index (χ3n) is 7.09. The van der Waals surface area contributed by atoms with Crippen LogP contribution in [0.5, 0.6) is 17.2 Å². The van der Waals surface area contributed by atoms with Crippen molar-refractivity contribution in [3.8, 4) is 17.2 Å². The Labute approximate surface area is 212 Å². The van der Waals surface area contributed by atoms with E-state index in [1.165, 1.54) is 39.7 Å². The number of aliphatic hydroxyl groups is 5. The molecule has 2 heterocycles. The van der Waals surface area contributed by atoms with Gasteiger partial charge in [0.15, 0.2) is 23.6 Å². The molecule has 2 fully saturated rings. The van der Waals surface area contributed by atoms with Crippen LogP contribution < -0.4 is 9.47 Å². The molecule has 2 aliphatic heterocycles. The molecular weight excluding hydrogens is 496 g/mol. The molecule has 0 aromatic heterocycles. The average molecular weight is 529 g/mol. The zero-order valence-electron chi connectivity index (χ0n) is 20.5. The van der Waals surface area contributed by atoms with E-state index in [4.69, 9.17) is 28.4 Å². The van der Waals surface area contributed by atoms with Gasteiger partial charge in [-0.1, -0.05) is 0 Å². The lowest BCUT2D eigenvalue weighted by atomic mass is 9.74. The molecule has 0 radical (unpaired) electrons. The highest BCUT2D eigenvalue weighted by atomic mass is 16.7. The topological polar surface area (TPSA) is 194 Å². The van der Waals surface area contributed by atoms with Gasteiger partial charge in [0, 0.05) is 25.2 Å². The first kappa shape index (κ1) is 27.5. The van der Waals surface area contributed by atoms with Crippen LogP contribution in [0.2, 0.25) is 0 Å². The van der Waals surface area contributed by atoms with Crippen molar-refractivity contribution in [2.45, 2.75) is 61.5 Å². The van der Waals surface area contributed by atoms with Gasteiger partial charge in [-0.15, -0.1) is 0 Å². The van der Waals surface area contributed by atoms with E-state index in [2.05, 4.69) is 0 Å². The van der Waals surface area contributed by atoms with Crippen molar-refractivity contribution < 1.29 is 63.9 Å². The van der Waals surface area contributed by atoms with Crippen molar-refractivity contribution in [2.75, 3.05) is 27.9 Å². The number of aromatic hydroxyl groups is 1. The van der Waals surface area contributed by atoms with Crippen LogP contribution in [0.3, 0.4) is 0 Å². The van der Waals surface area contributed by atoms with Gasteiger partial charge in [-0.05, 0) is 6.07 Å². The summed E-state index contributed by atoms with van der Waals surface area (Å²) in [5.74, 6) is -1.36. The molecule has 37 heavy (non-hydrogen) atoms. The Morgan fingerprint density at radius 1 is 0.973 bits per heavy atom. The van der Waals surface area contributed by atoms with Gasteiger partial charge in [-0.3, -0.25) is 4.79 Å². The van der Waals surface area contributed by atoms with E-state index in [-0.39, 0.29) is 34.8 Å². The first-order valence-corrected chi connectivity index (χ1v) is 11.7. The molecule has 1 aliphatic carbocycles. The molecule has 10 unspecified atom stereocenters. The van der Waals surface area contributed by atoms with E-state index in [0.717, 1.165) is 0 Å². The minimum atomic E-state index is -1.65. The van der Waals surface area contributed by atoms with Crippen LogP contribution in [0.15, 0.2) is 18.4 Å². The predicted octanol–water partition coefficient (Wildman–Crippen LogP) is -1.70. The van der Waals surface area contributed by atoms with Crippen molar-refractivity contribution in [1.82, 2.24) is 0 Å².